The van der Waals surface area contributed by atoms with Crippen molar-refractivity contribution >= 4 is 28.2 Å². The van der Waals surface area contributed by atoms with Crippen molar-refractivity contribution in [3.63, 3.8) is 0 Å². The molecule has 4 rings (SSSR count). The highest BCUT2D eigenvalue weighted by atomic mass is 16.5. The number of carbonyl (C=O) groups excluding carboxylic acids is 1. The number of aromatic nitrogens is 2. The zero-order valence-electron chi connectivity index (χ0n) is 20.3. The number of hydrogen-bond donors (Lipinski definition) is 2. The van der Waals surface area contributed by atoms with E-state index in [1.54, 1.807) is 0 Å². The molecular formula is C26H33N5O4. The summed E-state index contributed by atoms with van der Waals surface area (Å²) >= 11 is 0. The Hall–Kier alpha value is -3.59. The third-order valence-electron chi connectivity index (χ3n) is 6.46. The molecule has 1 aromatic heterocycles. The number of nitrogens with zero attached hydrogens (tertiary/aromatic N) is 3. The highest BCUT2D eigenvalue weighted by Gasteiger charge is 2.24. The van der Waals surface area contributed by atoms with Crippen LogP contribution in [0.1, 0.15) is 38.3 Å². The van der Waals surface area contributed by atoms with E-state index in [1.165, 1.54) is 4.57 Å². The van der Waals surface area contributed by atoms with E-state index < -0.39 is 17.2 Å². The molecule has 0 radical (unpaired) electrons. The zero-order valence-corrected chi connectivity index (χ0v) is 20.3. The van der Waals surface area contributed by atoms with E-state index >= 15 is 0 Å². The first-order valence-electron chi connectivity index (χ1n) is 12.1. The lowest BCUT2D eigenvalue weighted by molar-refractivity contribution is -0.122. The molecule has 1 saturated heterocycles. The average Bonchev–Trinajstić information content (AvgIpc) is 2.87. The summed E-state index contributed by atoms with van der Waals surface area (Å²) in [6.45, 7) is 5.84. The van der Waals surface area contributed by atoms with Gasteiger partial charge in [-0.25, -0.2) is 9.36 Å². The highest BCUT2D eigenvalue weighted by molar-refractivity contribution is 5.83. The molecule has 0 unspecified atom stereocenters. The van der Waals surface area contributed by atoms with E-state index in [2.05, 4.69) is 5.32 Å². The van der Waals surface area contributed by atoms with Crippen LogP contribution in [-0.4, -0.2) is 41.3 Å². The maximum absolute atomic E-state index is 13.4. The van der Waals surface area contributed by atoms with E-state index in [0.717, 1.165) is 33.7 Å². The molecule has 1 aliphatic rings. The highest BCUT2D eigenvalue weighted by Crippen LogP contribution is 2.21. The first kappa shape index (κ1) is 24.5. The van der Waals surface area contributed by atoms with Crippen molar-refractivity contribution < 1.29 is 9.53 Å². The molecule has 3 N–H and O–H groups in total. The molecule has 0 saturated carbocycles. The Morgan fingerprint density at radius 2 is 1.80 bits per heavy atom. The molecule has 1 atom stereocenters. The summed E-state index contributed by atoms with van der Waals surface area (Å²) in [4.78, 5) is 41.4. The van der Waals surface area contributed by atoms with Crippen LogP contribution in [0.2, 0.25) is 0 Å². The molecule has 35 heavy (non-hydrogen) atoms. The van der Waals surface area contributed by atoms with Gasteiger partial charge in [-0.2, -0.15) is 0 Å². The normalized spacial score (nSPS) is 14.7. The van der Waals surface area contributed by atoms with Gasteiger partial charge < -0.3 is 20.7 Å². The summed E-state index contributed by atoms with van der Waals surface area (Å²) < 4.78 is 7.81. The molecule has 9 nitrogen and oxygen atoms in total. The Bertz CT molecular complexity index is 1320. The number of nitrogen functional groups attached to an aromatic ring is 1. The van der Waals surface area contributed by atoms with Gasteiger partial charge in [0.25, 0.3) is 5.56 Å². The minimum atomic E-state index is -0.563. The number of nitrogens with two attached hydrogens (primary N) is 1. The fraction of sp³-hybridized carbons (Fsp3) is 0.423. The second kappa shape index (κ2) is 10.8. The van der Waals surface area contributed by atoms with Crippen LogP contribution in [0.5, 0.6) is 0 Å². The van der Waals surface area contributed by atoms with Gasteiger partial charge in [-0.15, -0.1) is 0 Å². The van der Waals surface area contributed by atoms with Crippen LogP contribution < -0.4 is 27.2 Å². The van der Waals surface area contributed by atoms with Gasteiger partial charge in [0.05, 0.1) is 19.3 Å². The maximum atomic E-state index is 13.4. The SMILES string of the molecule is CCCCn1c(N)c(N2CCOCC2)c(=O)n(CC(=O)N[C@H](C)c2ccc3ccccc3c2)c1=O. The molecule has 2 heterocycles. The van der Waals surface area contributed by atoms with Crippen molar-refractivity contribution in [1.29, 1.82) is 0 Å². The zero-order chi connectivity index (χ0) is 24.9. The first-order chi connectivity index (χ1) is 16.9. The van der Waals surface area contributed by atoms with E-state index in [4.69, 9.17) is 10.5 Å². The van der Waals surface area contributed by atoms with Gasteiger partial charge in [0.1, 0.15) is 18.1 Å². The van der Waals surface area contributed by atoms with Crippen LogP contribution in [0, 0.1) is 0 Å². The minimum Gasteiger partial charge on any atom is -0.383 e. The number of carbonyl (C=O) groups is 1. The van der Waals surface area contributed by atoms with Crippen molar-refractivity contribution in [1.82, 2.24) is 14.5 Å². The van der Waals surface area contributed by atoms with Crippen molar-refractivity contribution in [3.05, 3.63) is 68.9 Å². The smallest absolute Gasteiger partial charge is 0.333 e. The summed E-state index contributed by atoms with van der Waals surface area (Å²) in [5, 5.41) is 5.12. The van der Waals surface area contributed by atoms with Gasteiger partial charge in [0, 0.05) is 19.6 Å². The molecule has 0 spiro atoms. The largest absolute Gasteiger partial charge is 0.383 e. The number of nitrogens with one attached hydrogen (secondary N) is 1. The standard InChI is InChI=1S/C26H33N5O4/c1-3-4-11-30-24(27)23(29-12-14-35-15-13-29)25(33)31(26(30)34)17-22(32)28-18(2)20-10-9-19-7-5-6-8-21(19)16-20/h5-10,16,18H,3-4,11-15,17,27H2,1-2H3,(H,28,32)/t18-/m1/s1. The van der Waals surface area contributed by atoms with Crippen LogP contribution in [0.15, 0.2) is 52.1 Å². The minimum absolute atomic E-state index is 0.150. The molecule has 0 aliphatic carbocycles. The second-order valence-electron chi connectivity index (χ2n) is 8.91. The maximum Gasteiger partial charge on any atom is 0.333 e. The lowest BCUT2D eigenvalue weighted by Crippen LogP contribution is -2.49. The Labute approximate surface area is 204 Å². The van der Waals surface area contributed by atoms with E-state index in [-0.39, 0.29) is 24.1 Å². The number of fused-ring (bicyclic) bond motifs is 1. The van der Waals surface area contributed by atoms with E-state index in [1.807, 2.05) is 61.2 Å². The third kappa shape index (κ3) is 5.24. The van der Waals surface area contributed by atoms with Crippen LogP contribution in [0.3, 0.4) is 0 Å². The molecule has 1 fully saturated rings. The van der Waals surface area contributed by atoms with Crippen molar-refractivity contribution in [2.24, 2.45) is 0 Å². The van der Waals surface area contributed by atoms with Gasteiger partial charge in [-0.3, -0.25) is 14.2 Å². The number of benzene rings is 2. The summed E-state index contributed by atoms with van der Waals surface area (Å²) in [5.41, 5.74) is 6.42. The Morgan fingerprint density at radius 3 is 2.51 bits per heavy atom. The number of morpholine rings is 1. The number of hydrogen-bond acceptors (Lipinski definition) is 6. The third-order valence-corrected chi connectivity index (χ3v) is 6.46. The number of rotatable bonds is 8. The second-order valence-corrected chi connectivity index (χ2v) is 8.91. The Morgan fingerprint density at radius 1 is 1.09 bits per heavy atom. The van der Waals surface area contributed by atoms with Gasteiger partial charge >= 0.3 is 5.69 Å². The van der Waals surface area contributed by atoms with Gasteiger partial charge in [0.2, 0.25) is 5.91 Å². The quantitative estimate of drug-likeness (QED) is 0.513. The van der Waals surface area contributed by atoms with E-state index in [9.17, 15) is 14.4 Å². The summed E-state index contributed by atoms with van der Waals surface area (Å²) in [7, 11) is 0. The van der Waals surface area contributed by atoms with Gasteiger partial charge in [0.15, 0.2) is 0 Å². The Kier molecular flexibility index (Phi) is 7.55. The van der Waals surface area contributed by atoms with Crippen LogP contribution in [0.25, 0.3) is 10.8 Å². The molecule has 3 aromatic rings. The molecule has 9 heteroatoms. The molecule has 186 valence electrons. The van der Waals surface area contributed by atoms with Crippen molar-refractivity contribution in [2.75, 3.05) is 36.9 Å². The predicted octanol–water partition coefficient (Wildman–Crippen LogP) is 2.26. The fourth-order valence-corrected chi connectivity index (χ4v) is 4.45. The summed E-state index contributed by atoms with van der Waals surface area (Å²) in [6, 6.07) is 13.7. The number of anilines is 2. The number of ether oxygens (including phenoxy) is 1. The fourth-order valence-electron chi connectivity index (χ4n) is 4.45. The van der Waals surface area contributed by atoms with Crippen LogP contribution in [0.4, 0.5) is 11.5 Å². The van der Waals surface area contributed by atoms with E-state index in [0.29, 0.717) is 32.8 Å². The van der Waals surface area contributed by atoms with Gasteiger partial charge in [-0.1, -0.05) is 49.7 Å². The lowest BCUT2D eigenvalue weighted by atomic mass is 10.0. The molecular weight excluding hydrogens is 446 g/mol. The lowest BCUT2D eigenvalue weighted by Gasteiger charge is -2.30. The number of amides is 1. The average molecular weight is 480 g/mol. The molecule has 1 aliphatic heterocycles. The van der Waals surface area contributed by atoms with Crippen molar-refractivity contribution in [3.8, 4) is 0 Å². The van der Waals surface area contributed by atoms with Gasteiger partial charge in [-0.05, 0) is 35.7 Å². The molecule has 0 bridgehead atoms. The number of unbranched alkanes of at least 4 members (excludes halogenated alkanes) is 1. The molecule has 2 aromatic carbocycles. The summed E-state index contributed by atoms with van der Waals surface area (Å²) in [5.74, 6) is -0.263. The van der Waals surface area contributed by atoms with Crippen molar-refractivity contribution in [2.45, 2.75) is 45.8 Å². The Balaban J connectivity index is 1.61. The predicted molar refractivity (Wildman–Crippen MR) is 138 cm³/mol. The molecule has 1 amide bonds. The summed E-state index contributed by atoms with van der Waals surface area (Å²) in [6.07, 6.45) is 1.59. The monoisotopic (exact) mass is 479 g/mol. The first-order valence-corrected chi connectivity index (χ1v) is 12.1. The topological polar surface area (TPSA) is 112 Å². The van der Waals surface area contributed by atoms with Crippen LogP contribution in [-0.2, 0) is 22.6 Å². The van der Waals surface area contributed by atoms with Crippen LogP contribution >= 0.6 is 0 Å².